The summed E-state index contributed by atoms with van der Waals surface area (Å²) in [4.78, 5) is 39.9. The lowest BCUT2D eigenvalue weighted by Crippen LogP contribution is -2.44. The molecule has 0 radical (unpaired) electrons. The number of fused-ring (bicyclic) bond motifs is 1. The van der Waals surface area contributed by atoms with Gasteiger partial charge in [0.15, 0.2) is 11.5 Å². The zero-order chi connectivity index (χ0) is 29.1. The van der Waals surface area contributed by atoms with Gasteiger partial charge < -0.3 is 10.0 Å². The van der Waals surface area contributed by atoms with Crippen LogP contribution in [0.5, 0.6) is 0 Å². The number of aliphatic carboxylic acids is 1. The first-order valence-corrected chi connectivity index (χ1v) is 14.1. The Kier molecular flexibility index (Phi) is 7.48. The molecule has 7 nitrogen and oxygen atoms in total. The molecular weight excluding hydrogens is 570 g/mol. The number of Topliss-reactive ketones (excluding diaryl/α,β-unsaturated/α-hetero) is 1. The lowest BCUT2D eigenvalue weighted by molar-refractivity contribution is -0.147. The molecule has 3 fully saturated rings. The molecule has 0 saturated heterocycles. The Morgan fingerprint density at radius 3 is 2.17 bits per heavy atom. The number of alkyl halides is 3. The summed E-state index contributed by atoms with van der Waals surface area (Å²) >= 11 is 12.5. The highest BCUT2D eigenvalue weighted by Gasteiger charge is 2.63. The van der Waals surface area contributed by atoms with Crippen LogP contribution in [0.1, 0.15) is 84.8 Å². The molecule has 2 unspecified atom stereocenters. The fourth-order valence-corrected chi connectivity index (χ4v) is 7.50. The van der Waals surface area contributed by atoms with Crippen molar-refractivity contribution in [2.75, 3.05) is 6.54 Å². The molecule has 1 N–H and O–H groups in total. The van der Waals surface area contributed by atoms with Crippen LogP contribution in [0.2, 0.25) is 10.0 Å². The number of aromatic nitrogens is 2. The summed E-state index contributed by atoms with van der Waals surface area (Å²) < 4.78 is 44.3. The summed E-state index contributed by atoms with van der Waals surface area (Å²) in [5.41, 5.74) is -1.68. The molecule has 40 heavy (non-hydrogen) atoms. The first-order valence-electron chi connectivity index (χ1n) is 13.4. The number of nitrogens with zero attached hydrogens (tertiary/aromatic N) is 3. The number of hydrogen-bond donors (Lipinski definition) is 1. The van der Waals surface area contributed by atoms with Crippen LogP contribution < -0.4 is 0 Å². The van der Waals surface area contributed by atoms with Crippen LogP contribution in [-0.4, -0.2) is 50.0 Å². The molecular formula is C28H30Cl2F3N3O4. The summed E-state index contributed by atoms with van der Waals surface area (Å²) in [7, 11) is 0. The van der Waals surface area contributed by atoms with Gasteiger partial charge in [0.1, 0.15) is 0 Å². The van der Waals surface area contributed by atoms with Gasteiger partial charge in [0.2, 0.25) is 0 Å². The van der Waals surface area contributed by atoms with E-state index in [0.29, 0.717) is 24.7 Å². The maximum absolute atomic E-state index is 14.5. The van der Waals surface area contributed by atoms with Crippen LogP contribution in [0.4, 0.5) is 13.2 Å². The Hall–Kier alpha value is -2.59. The molecule has 2 atom stereocenters. The largest absolute Gasteiger partial charge is 0.481 e. The van der Waals surface area contributed by atoms with E-state index < -0.39 is 59.6 Å². The van der Waals surface area contributed by atoms with Crippen LogP contribution in [0, 0.1) is 23.2 Å². The van der Waals surface area contributed by atoms with E-state index in [1.54, 1.807) is 6.07 Å². The average Bonchev–Trinajstić information content (AvgIpc) is 3.31. The van der Waals surface area contributed by atoms with Gasteiger partial charge >= 0.3 is 12.1 Å². The van der Waals surface area contributed by atoms with Gasteiger partial charge in [-0.15, -0.1) is 0 Å². The number of carbonyl (C=O) groups excluding carboxylic acids is 2. The van der Waals surface area contributed by atoms with Crippen molar-refractivity contribution in [2.24, 2.45) is 23.2 Å². The maximum Gasteiger partial charge on any atom is 0.433 e. The summed E-state index contributed by atoms with van der Waals surface area (Å²) in [6.07, 6.45) is -1.96. The number of rotatable bonds is 7. The first kappa shape index (κ1) is 28.9. The van der Waals surface area contributed by atoms with Gasteiger partial charge in [-0.1, -0.05) is 43.1 Å². The van der Waals surface area contributed by atoms with Crippen molar-refractivity contribution in [3.63, 3.8) is 0 Å². The van der Waals surface area contributed by atoms with Gasteiger partial charge in [-0.25, -0.2) is 0 Å². The second kappa shape index (κ2) is 10.4. The molecule has 1 aromatic carbocycles. The van der Waals surface area contributed by atoms with Crippen LogP contribution in [0.15, 0.2) is 24.4 Å². The monoisotopic (exact) mass is 599 g/mol. The third-order valence-corrected chi connectivity index (χ3v) is 9.91. The second-order valence-electron chi connectivity index (χ2n) is 11.8. The summed E-state index contributed by atoms with van der Waals surface area (Å²) in [6.45, 7) is 3.79. The van der Waals surface area contributed by atoms with E-state index in [0.717, 1.165) is 10.9 Å². The topological polar surface area (TPSA) is 92.5 Å². The number of hydrogen-bond acceptors (Lipinski definition) is 4. The Balaban J connectivity index is 1.47. The third-order valence-electron chi connectivity index (χ3n) is 9.28. The third kappa shape index (κ3) is 5.13. The molecule has 3 aliphatic rings. The fourth-order valence-electron chi connectivity index (χ4n) is 6.90. The van der Waals surface area contributed by atoms with Gasteiger partial charge in [-0.3, -0.25) is 19.1 Å². The summed E-state index contributed by atoms with van der Waals surface area (Å²) in [6, 6.07) is 3.45. The Morgan fingerprint density at radius 2 is 1.65 bits per heavy atom. The van der Waals surface area contributed by atoms with Crippen molar-refractivity contribution in [3.05, 3.63) is 51.3 Å². The van der Waals surface area contributed by atoms with Crippen molar-refractivity contribution in [1.82, 2.24) is 14.7 Å². The molecule has 1 aromatic heterocycles. The molecule has 12 heteroatoms. The van der Waals surface area contributed by atoms with Crippen molar-refractivity contribution < 1.29 is 32.7 Å². The molecule has 0 aliphatic heterocycles. The highest BCUT2D eigenvalue weighted by Crippen LogP contribution is 2.67. The molecule has 0 bridgehead atoms. The summed E-state index contributed by atoms with van der Waals surface area (Å²) in [5, 5.41) is 13.5. The second-order valence-corrected chi connectivity index (χ2v) is 12.6. The number of ketones is 1. The van der Waals surface area contributed by atoms with Crippen molar-refractivity contribution in [3.8, 4) is 0 Å². The van der Waals surface area contributed by atoms with Crippen molar-refractivity contribution in [2.45, 2.75) is 70.6 Å². The average molecular weight is 600 g/mol. The predicted molar refractivity (Wildman–Crippen MR) is 141 cm³/mol. The lowest BCUT2D eigenvalue weighted by atomic mass is 9.86. The minimum atomic E-state index is -4.90. The first-order chi connectivity index (χ1) is 18.7. The smallest absolute Gasteiger partial charge is 0.433 e. The quantitative estimate of drug-likeness (QED) is 0.354. The van der Waals surface area contributed by atoms with Crippen LogP contribution in [-0.2, 0) is 11.0 Å². The van der Waals surface area contributed by atoms with E-state index in [4.69, 9.17) is 23.2 Å². The maximum atomic E-state index is 14.5. The molecule has 1 amide bonds. The van der Waals surface area contributed by atoms with Crippen molar-refractivity contribution in [1.29, 1.82) is 0 Å². The van der Waals surface area contributed by atoms with Crippen LogP contribution in [0.25, 0.3) is 0 Å². The SMILES string of the molecule is CC1(C)C2CC(N(CC(=O)c3c(Cl)cccc3Cl)C(=O)c3cnn(C4CCC(C(=O)O)CC4)c3C(F)(F)F)CC21. The molecule has 2 aromatic rings. The highest BCUT2D eigenvalue weighted by atomic mass is 35.5. The number of carboxylic acids is 1. The molecule has 3 saturated carbocycles. The Morgan fingerprint density at radius 1 is 1.07 bits per heavy atom. The number of benzene rings is 1. The van der Waals surface area contributed by atoms with E-state index in [1.807, 2.05) is 0 Å². The zero-order valence-electron chi connectivity index (χ0n) is 22.0. The van der Waals surface area contributed by atoms with E-state index >= 15 is 0 Å². The predicted octanol–water partition coefficient (Wildman–Crippen LogP) is 6.78. The molecule has 5 rings (SSSR count). The number of carbonyl (C=O) groups is 3. The van der Waals surface area contributed by atoms with Gasteiger partial charge in [0.25, 0.3) is 5.91 Å². The minimum absolute atomic E-state index is 0.0223. The lowest BCUT2D eigenvalue weighted by Gasteiger charge is -2.32. The van der Waals surface area contributed by atoms with Gasteiger partial charge in [-0.2, -0.15) is 18.3 Å². The van der Waals surface area contributed by atoms with E-state index in [-0.39, 0.29) is 46.7 Å². The number of halogens is 5. The molecule has 1 heterocycles. The Labute approximate surface area is 239 Å². The normalized spacial score (nSPS) is 27.2. The Bertz CT molecular complexity index is 1320. The number of amides is 1. The van der Waals surface area contributed by atoms with Crippen LogP contribution >= 0.6 is 23.2 Å². The van der Waals surface area contributed by atoms with Crippen LogP contribution in [0.3, 0.4) is 0 Å². The van der Waals surface area contributed by atoms with Gasteiger partial charge in [0, 0.05) is 6.04 Å². The minimum Gasteiger partial charge on any atom is -0.481 e. The number of carboxylic acid groups (broad SMARTS) is 1. The standard InChI is InChI=1S/C28H30Cl2F3N3O4/c1-27(2)18-10-16(11-19(18)27)35(13-22(37)23-20(29)4-3-5-21(23)30)25(38)17-12-34-36(24(17)28(31,32)33)15-8-6-14(7-9-15)26(39)40/h3-5,12,14-16,18-19H,6-11,13H2,1-2H3,(H,39,40). The highest BCUT2D eigenvalue weighted by molar-refractivity contribution is 6.40. The molecule has 3 aliphatic carbocycles. The van der Waals surface area contributed by atoms with E-state index in [9.17, 15) is 32.7 Å². The van der Waals surface area contributed by atoms with E-state index in [1.165, 1.54) is 17.0 Å². The molecule has 0 spiro atoms. The summed E-state index contributed by atoms with van der Waals surface area (Å²) in [5.74, 6) is -2.42. The van der Waals surface area contributed by atoms with Gasteiger partial charge in [-0.05, 0) is 67.9 Å². The van der Waals surface area contributed by atoms with Crippen molar-refractivity contribution >= 4 is 40.9 Å². The fraction of sp³-hybridized carbons (Fsp3) is 0.571. The van der Waals surface area contributed by atoms with Gasteiger partial charge in [0.05, 0.1) is 45.9 Å². The zero-order valence-corrected chi connectivity index (χ0v) is 23.6. The van der Waals surface area contributed by atoms with E-state index in [2.05, 4.69) is 18.9 Å². The molecule has 216 valence electrons.